The van der Waals surface area contributed by atoms with Gasteiger partial charge in [-0.2, -0.15) is 0 Å². The molecule has 4 nitrogen and oxygen atoms in total. The van der Waals surface area contributed by atoms with Crippen LogP contribution < -0.4 is 15.4 Å². The molecule has 0 bridgehead atoms. The summed E-state index contributed by atoms with van der Waals surface area (Å²) in [6.07, 6.45) is 0. The molecule has 0 aromatic heterocycles. The lowest BCUT2D eigenvalue weighted by Gasteiger charge is -2.15. The predicted molar refractivity (Wildman–Crippen MR) is 79.0 cm³/mol. The molecule has 1 aliphatic heterocycles. The molecule has 0 fully saturated rings. The summed E-state index contributed by atoms with van der Waals surface area (Å²) in [4.78, 5) is 4.38. The van der Waals surface area contributed by atoms with Gasteiger partial charge in [0.1, 0.15) is 5.75 Å². The summed E-state index contributed by atoms with van der Waals surface area (Å²) < 4.78 is 5.71. The fourth-order valence-corrected chi connectivity index (χ4v) is 2.26. The van der Waals surface area contributed by atoms with Crippen LogP contribution >= 0.6 is 0 Å². The van der Waals surface area contributed by atoms with E-state index in [9.17, 15) is 0 Å². The molecule has 2 N–H and O–H groups in total. The number of hydrogen-bond donors (Lipinski definition) is 2. The van der Waals surface area contributed by atoms with E-state index in [1.165, 1.54) is 5.39 Å². The normalized spacial score (nSPS) is 14.1. The van der Waals surface area contributed by atoms with Crippen LogP contribution in [0.15, 0.2) is 41.4 Å². The van der Waals surface area contributed by atoms with E-state index in [0.29, 0.717) is 6.61 Å². The summed E-state index contributed by atoms with van der Waals surface area (Å²) in [5, 5.41) is 8.90. The Morgan fingerprint density at radius 1 is 1.26 bits per heavy atom. The second-order valence-corrected chi connectivity index (χ2v) is 4.37. The minimum atomic E-state index is 0.646. The molecule has 3 rings (SSSR count). The summed E-state index contributed by atoms with van der Waals surface area (Å²) in [5.74, 6) is 1.68. The number of ether oxygens (including phenoxy) is 1. The second kappa shape index (κ2) is 5.18. The van der Waals surface area contributed by atoms with E-state index in [1.54, 1.807) is 0 Å². The van der Waals surface area contributed by atoms with E-state index < -0.39 is 0 Å². The first-order chi connectivity index (χ1) is 9.38. The number of hydrogen-bond acceptors (Lipinski definition) is 4. The van der Waals surface area contributed by atoms with Gasteiger partial charge in [-0.1, -0.05) is 30.3 Å². The molecule has 0 spiro atoms. The van der Waals surface area contributed by atoms with Gasteiger partial charge >= 0.3 is 0 Å². The summed E-state index contributed by atoms with van der Waals surface area (Å²) in [7, 11) is 0. The van der Waals surface area contributed by atoms with E-state index in [-0.39, 0.29) is 0 Å². The predicted octanol–water partition coefficient (Wildman–Crippen LogP) is 2.61. The Labute approximate surface area is 112 Å². The minimum absolute atomic E-state index is 0.646. The largest absolute Gasteiger partial charge is 0.492 e. The molecule has 0 atom stereocenters. The van der Waals surface area contributed by atoms with Gasteiger partial charge in [0.2, 0.25) is 0 Å². The minimum Gasteiger partial charge on any atom is -0.492 e. The van der Waals surface area contributed by atoms with Crippen molar-refractivity contribution in [3.8, 4) is 5.75 Å². The van der Waals surface area contributed by atoms with Gasteiger partial charge in [0.05, 0.1) is 18.8 Å². The van der Waals surface area contributed by atoms with Crippen molar-refractivity contribution in [2.75, 3.05) is 25.0 Å². The lowest BCUT2D eigenvalue weighted by Crippen LogP contribution is -2.26. The zero-order valence-electron chi connectivity index (χ0n) is 10.9. The number of benzene rings is 2. The molecule has 0 saturated heterocycles. The molecule has 0 unspecified atom stereocenters. The molecule has 2 aromatic rings. The van der Waals surface area contributed by atoms with Gasteiger partial charge in [-0.15, -0.1) is 0 Å². The zero-order chi connectivity index (χ0) is 13.1. The van der Waals surface area contributed by atoms with Gasteiger partial charge in [-0.25, -0.2) is 0 Å². The van der Waals surface area contributed by atoms with Gasteiger partial charge in [0, 0.05) is 11.9 Å². The first kappa shape index (κ1) is 11.8. The Kier molecular flexibility index (Phi) is 3.23. The van der Waals surface area contributed by atoms with E-state index in [1.807, 2.05) is 25.1 Å². The van der Waals surface area contributed by atoms with E-state index in [0.717, 1.165) is 35.9 Å². The van der Waals surface area contributed by atoms with Crippen molar-refractivity contribution in [1.82, 2.24) is 5.32 Å². The van der Waals surface area contributed by atoms with E-state index >= 15 is 0 Å². The fourth-order valence-electron chi connectivity index (χ4n) is 2.26. The molecule has 4 heteroatoms. The Balaban J connectivity index is 2.08. The Morgan fingerprint density at radius 2 is 2.16 bits per heavy atom. The molecule has 0 radical (unpaired) electrons. The summed E-state index contributed by atoms with van der Waals surface area (Å²) in [5.41, 5.74) is 0.980. The number of aliphatic imine (C=N–C) groups is 1. The number of nitrogens with one attached hydrogen (secondary N) is 2. The average molecular weight is 255 g/mol. The van der Waals surface area contributed by atoms with Gasteiger partial charge in [-0.3, -0.25) is 4.99 Å². The van der Waals surface area contributed by atoms with Crippen LogP contribution in [-0.2, 0) is 0 Å². The highest BCUT2D eigenvalue weighted by Gasteiger charge is 2.12. The number of guanidine groups is 1. The Hall–Kier alpha value is -2.23. The lowest BCUT2D eigenvalue weighted by molar-refractivity contribution is 0.342. The van der Waals surface area contributed by atoms with Crippen LogP contribution in [0.2, 0.25) is 0 Å². The molecule has 19 heavy (non-hydrogen) atoms. The molecular formula is C15H17N3O. The van der Waals surface area contributed by atoms with Crippen LogP contribution in [0.3, 0.4) is 0 Å². The van der Waals surface area contributed by atoms with Gasteiger partial charge in [0.15, 0.2) is 5.96 Å². The molecule has 0 aliphatic carbocycles. The maximum absolute atomic E-state index is 5.71. The quantitative estimate of drug-likeness (QED) is 0.886. The first-order valence-electron chi connectivity index (χ1n) is 6.58. The van der Waals surface area contributed by atoms with Gasteiger partial charge in [0.25, 0.3) is 0 Å². The maximum Gasteiger partial charge on any atom is 0.196 e. The number of nitrogens with zero attached hydrogens (tertiary/aromatic N) is 1. The van der Waals surface area contributed by atoms with Gasteiger partial charge in [-0.05, 0) is 18.4 Å². The highest BCUT2D eigenvalue weighted by atomic mass is 16.5. The van der Waals surface area contributed by atoms with Crippen molar-refractivity contribution >= 4 is 22.4 Å². The summed E-state index contributed by atoms with van der Waals surface area (Å²) in [6.45, 7) is 4.34. The molecule has 1 heterocycles. The van der Waals surface area contributed by atoms with Crippen molar-refractivity contribution in [3.63, 3.8) is 0 Å². The van der Waals surface area contributed by atoms with Crippen molar-refractivity contribution < 1.29 is 4.74 Å². The topological polar surface area (TPSA) is 45.6 Å². The van der Waals surface area contributed by atoms with Crippen molar-refractivity contribution in [2.24, 2.45) is 4.99 Å². The second-order valence-electron chi connectivity index (χ2n) is 4.37. The third-order valence-corrected chi connectivity index (χ3v) is 3.11. The average Bonchev–Trinajstić information content (AvgIpc) is 2.95. The van der Waals surface area contributed by atoms with Crippen LogP contribution in [0.4, 0.5) is 5.69 Å². The zero-order valence-corrected chi connectivity index (χ0v) is 10.9. The van der Waals surface area contributed by atoms with E-state index in [2.05, 4.69) is 33.8 Å². The number of fused-ring (bicyclic) bond motifs is 1. The molecule has 1 aliphatic rings. The Morgan fingerprint density at radius 3 is 2.95 bits per heavy atom. The van der Waals surface area contributed by atoms with Crippen LogP contribution in [0.1, 0.15) is 6.92 Å². The SMILES string of the molecule is CCOc1ccc2ccccc2c1NC1=NCCN1. The summed E-state index contributed by atoms with van der Waals surface area (Å²) in [6, 6.07) is 12.3. The van der Waals surface area contributed by atoms with Crippen LogP contribution in [0, 0.1) is 0 Å². The fraction of sp³-hybridized carbons (Fsp3) is 0.267. The van der Waals surface area contributed by atoms with Crippen LogP contribution in [-0.4, -0.2) is 25.7 Å². The highest BCUT2D eigenvalue weighted by molar-refractivity contribution is 6.06. The molecule has 98 valence electrons. The maximum atomic E-state index is 5.71. The lowest BCUT2D eigenvalue weighted by atomic mass is 10.1. The molecule has 0 amide bonds. The third kappa shape index (κ3) is 2.34. The smallest absolute Gasteiger partial charge is 0.196 e. The van der Waals surface area contributed by atoms with Crippen LogP contribution in [0.25, 0.3) is 10.8 Å². The standard InChI is InChI=1S/C15H17N3O/c1-2-19-13-8-7-11-5-3-4-6-12(11)14(13)18-15-16-9-10-17-15/h3-8H,2,9-10H2,1H3,(H2,16,17,18). The van der Waals surface area contributed by atoms with Crippen molar-refractivity contribution in [3.05, 3.63) is 36.4 Å². The molecule has 0 saturated carbocycles. The van der Waals surface area contributed by atoms with Crippen molar-refractivity contribution in [1.29, 1.82) is 0 Å². The molecule has 2 aromatic carbocycles. The monoisotopic (exact) mass is 255 g/mol. The summed E-state index contributed by atoms with van der Waals surface area (Å²) >= 11 is 0. The first-order valence-corrected chi connectivity index (χ1v) is 6.58. The molecular weight excluding hydrogens is 238 g/mol. The van der Waals surface area contributed by atoms with E-state index in [4.69, 9.17) is 4.74 Å². The highest BCUT2D eigenvalue weighted by Crippen LogP contribution is 2.33. The van der Waals surface area contributed by atoms with Crippen molar-refractivity contribution in [2.45, 2.75) is 6.92 Å². The number of anilines is 1. The number of rotatable bonds is 3. The third-order valence-electron chi connectivity index (χ3n) is 3.11. The Bertz CT molecular complexity index is 622. The van der Waals surface area contributed by atoms with Gasteiger partial charge < -0.3 is 15.4 Å². The van der Waals surface area contributed by atoms with Crippen LogP contribution in [0.5, 0.6) is 5.75 Å².